The summed E-state index contributed by atoms with van der Waals surface area (Å²) in [5, 5.41) is 6.26. The molecule has 1 aromatic heterocycles. The topological polar surface area (TPSA) is 93.4 Å². The van der Waals surface area contributed by atoms with Gasteiger partial charge in [-0.2, -0.15) is 0 Å². The van der Waals surface area contributed by atoms with Gasteiger partial charge >= 0.3 is 0 Å². The first-order chi connectivity index (χ1) is 13.3. The molecule has 0 radical (unpaired) electrons. The number of aryl methyl sites for hydroxylation is 1. The molecular weight excluding hydrogens is 394 g/mol. The molecule has 148 valence electrons. The molecule has 3 rings (SSSR count). The first kappa shape index (κ1) is 20.3. The molecule has 0 unspecified atom stereocenters. The summed E-state index contributed by atoms with van der Waals surface area (Å²) in [6.07, 6.45) is 2.78. The predicted molar refractivity (Wildman–Crippen MR) is 115 cm³/mol. The van der Waals surface area contributed by atoms with Gasteiger partial charge < -0.3 is 15.8 Å². The maximum absolute atomic E-state index is 12.1. The van der Waals surface area contributed by atoms with Gasteiger partial charge in [0.1, 0.15) is 10.8 Å². The molecule has 4 N–H and O–H groups in total. The molecule has 1 aliphatic carbocycles. The molecule has 28 heavy (non-hydrogen) atoms. The van der Waals surface area contributed by atoms with Crippen LogP contribution in [0.1, 0.15) is 39.7 Å². The Morgan fingerprint density at radius 1 is 1.36 bits per heavy atom. The standard InChI is InChI=1S/C20H23N3O3S2/c1-11-7-8-13-15(9-11)28-19(17(13)18(21)25)23-20(27)22-16(24)10-26-14-6-4-3-5-12(14)2/h3-6,11H,7-10H2,1-2H3,(H2,21,25)(H2,22,23,24,27)/t11-/m1/s1. The van der Waals surface area contributed by atoms with Gasteiger partial charge in [-0.25, -0.2) is 0 Å². The summed E-state index contributed by atoms with van der Waals surface area (Å²) in [4.78, 5) is 25.3. The van der Waals surface area contributed by atoms with Crippen molar-refractivity contribution in [2.75, 3.05) is 11.9 Å². The van der Waals surface area contributed by atoms with Gasteiger partial charge in [-0.15, -0.1) is 11.3 Å². The van der Waals surface area contributed by atoms with Crippen LogP contribution in [0.2, 0.25) is 0 Å². The third-order valence-corrected chi connectivity index (χ3v) is 6.06. The zero-order valence-electron chi connectivity index (χ0n) is 15.8. The SMILES string of the molecule is Cc1ccccc1OCC(=O)NC(=S)Nc1sc2c(c1C(N)=O)CC[C@@H](C)C2. The van der Waals surface area contributed by atoms with E-state index in [1.807, 2.05) is 25.1 Å². The second kappa shape index (κ2) is 8.70. The van der Waals surface area contributed by atoms with E-state index in [2.05, 4.69) is 17.6 Å². The summed E-state index contributed by atoms with van der Waals surface area (Å²) < 4.78 is 5.52. The van der Waals surface area contributed by atoms with E-state index in [1.165, 1.54) is 11.3 Å². The lowest BCUT2D eigenvalue weighted by atomic mass is 9.88. The van der Waals surface area contributed by atoms with Gasteiger partial charge in [0.2, 0.25) is 0 Å². The third kappa shape index (κ3) is 4.69. The van der Waals surface area contributed by atoms with E-state index in [0.717, 1.165) is 35.3 Å². The molecule has 0 saturated carbocycles. The number of hydrogen-bond donors (Lipinski definition) is 3. The van der Waals surface area contributed by atoms with Crippen LogP contribution >= 0.6 is 23.6 Å². The highest BCUT2D eigenvalue weighted by molar-refractivity contribution is 7.80. The van der Waals surface area contributed by atoms with Crippen LogP contribution < -0.4 is 21.1 Å². The minimum Gasteiger partial charge on any atom is -0.483 e. The normalized spacial score (nSPS) is 15.4. The van der Waals surface area contributed by atoms with Gasteiger partial charge in [-0.3, -0.25) is 14.9 Å². The van der Waals surface area contributed by atoms with Crippen LogP contribution in [0.25, 0.3) is 0 Å². The van der Waals surface area contributed by atoms with Gasteiger partial charge in [0, 0.05) is 4.88 Å². The summed E-state index contributed by atoms with van der Waals surface area (Å²) in [5.74, 6) is 0.362. The fraction of sp³-hybridized carbons (Fsp3) is 0.350. The Kier molecular flexibility index (Phi) is 6.31. The number of amides is 2. The first-order valence-corrected chi connectivity index (χ1v) is 10.3. The van der Waals surface area contributed by atoms with Crippen molar-refractivity contribution in [2.45, 2.75) is 33.1 Å². The van der Waals surface area contributed by atoms with Crippen LogP contribution in [0.4, 0.5) is 5.00 Å². The summed E-state index contributed by atoms with van der Waals surface area (Å²) >= 11 is 6.71. The van der Waals surface area contributed by atoms with Gasteiger partial charge in [-0.1, -0.05) is 25.1 Å². The second-order valence-electron chi connectivity index (χ2n) is 6.98. The number of hydrogen-bond acceptors (Lipinski definition) is 5. The highest BCUT2D eigenvalue weighted by atomic mass is 32.1. The van der Waals surface area contributed by atoms with Crippen molar-refractivity contribution in [3.8, 4) is 5.75 Å². The average Bonchev–Trinajstić information content (AvgIpc) is 2.97. The molecule has 2 aromatic rings. The number of primary amides is 1. The average molecular weight is 418 g/mol. The van der Waals surface area contributed by atoms with Crippen LogP contribution in [0, 0.1) is 12.8 Å². The van der Waals surface area contributed by atoms with Crippen LogP contribution in [-0.4, -0.2) is 23.5 Å². The highest BCUT2D eigenvalue weighted by Crippen LogP contribution is 2.39. The molecule has 0 saturated heterocycles. The number of fused-ring (bicyclic) bond motifs is 1. The van der Waals surface area contributed by atoms with Gasteiger partial charge in [-0.05, 0) is 61.5 Å². The quantitative estimate of drug-likeness (QED) is 0.650. The third-order valence-electron chi connectivity index (χ3n) is 4.69. The van der Waals surface area contributed by atoms with E-state index in [-0.39, 0.29) is 17.6 Å². The fourth-order valence-corrected chi connectivity index (χ4v) is 4.96. The zero-order valence-corrected chi connectivity index (χ0v) is 17.5. The molecule has 1 aromatic carbocycles. The van der Waals surface area contributed by atoms with E-state index in [9.17, 15) is 9.59 Å². The lowest BCUT2D eigenvalue weighted by Gasteiger charge is -2.18. The second-order valence-corrected chi connectivity index (χ2v) is 8.49. The van der Waals surface area contributed by atoms with E-state index in [4.69, 9.17) is 22.7 Å². The zero-order chi connectivity index (χ0) is 20.3. The summed E-state index contributed by atoms with van der Waals surface area (Å²) in [6.45, 7) is 3.94. The van der Waals surface area contributed by atoms with Crippen LogP contribution in [-0.2, 0) is 17.6 Å². The number of thiocarbonyl (C=S) groups is 1. The van der Waals surface area contributed by atoms with Gasteiger partial charge in [0.05, 0.1) is 5.56 Å². The van der Waals surface area contributed by atoms with Gasteiger partial charge in [0.25, 0.3) is 11.8 Å². The highest BCUT2D eigenvalue weighted by Gasteiger charge is 2.27. The molecule has 2 amide bonds. The molecule has 0 aliphatic heterocycles. The predicted octanol–water partition coefficient (Wildman–Crippen LogP) is 3.17. The number of nitrogens with two attached hydrogens (primary N) is 1. The Balaban J connectivity index is 1.62. The Morgan fingerprint density at radius 2 is 2.11 bits per heavy atom. The molecule has 0 bridgehead atoms. The minimum absolute atomic E-state index is 0.118. The van der Waals surface area contributed by atoms with Crippen molar-refractivity contribution in [3.63, 3.8) is 0 Å². The summed E-state index contributed by atoms with van der Waals surface area (Å²) in [7, 11) is 0. The Labute approximate surface area is 173 Å². The molecule has 0 fully saturated rings. The molecule has 1 atom stereocenters. The number of anilines is 1. The van der Waals surface area contributed by atoms with Crippen molar-refractivity contribution < 1.29 is 14.3 Å². The summed E-state index contributed by atoms with van der Waals surface area (Å²) in [6, 6.07) is 7.45. The number of rotatable bonds is 5. The largest absolute Gasteiger partial charge is 0.483 e. The lowest BCUT2D eigenvalue weighted by Crippen LogP contribution is -2.37. The van der Waals surface area contributed by atoms with Crippen LogP contribution in [0.15, 0.2) is 24.3 Å². The number of carbonyl (C=O) groups excluding carboxylic acids is 2. The van der Waals surface area contributed by atoms with E-state index in [1.54, 1.807) is 6.07 Å². The van der Waals surface area contributed by atoms with E-state index in [0.29, 0.717) is 22.2 Å². The molecule has 1 heterocycles. The maximum atomic E-state index is 12.1. The minimum atomic E-state index is -0.480. The summed E-state index contributed by atoms with van der Waals surface area (Å²) in [5.41, 5.74) is 8.04. The maximum Gasteiger partial charge on any atom is 0.264 e. The Morgan fingerprint density at radius 3 is 2.82 bits per heavy atom. The number of ether oxygens (including phenoxy) is 1. The van der Waals surface area contributed by atoms with Crippen molar-refractivity contribution in [1.29, 1.82) is 0 Å². The number of thiophene rings is 1. The first-order valence-electron chi connectivity index (χ1n) is 9.08. The Bertz CT molecular complexity index is 923. The Hall–Kier alpha value is -2.45. The smallest absolute Gasteiger partial charge is 0.264 e. The van der Waals surface area contributed by atoms with Crippen molar-refractivity contribution in [3.05, 3.63) is 45.8 Å². The molecule has 6 nitrogen and oxygen atoms in total. The number of para-hydroxylation sites is 1. The number of carbonyl (C=O) groups is 2. The molecule has 1 aliphatic rings. The molecular formula is C20H23N3O3S2. The van der Waals surface area contributed by atoms with Crippen molar-refractivity contribution >= 4 is 45.5 Å². The van der Waals surface area contributed by atoms with Crippen molar-refractivity contribution in [2.24, 2.45) is 11.7 Å². The van der Waals surface area contributed by atoms with Crippen molar-refractivity contribution in [1.82, 2.24) is 5.32 Å². The van der Waals surface area contributed by atoms with E-state index >= 15 is 0 Å². The monoisotopic (exact) mass is 417 g/mol. The lowest BCUT2D eigenvalue weighted by molar-refractivity contribution is -0.121. The van der Waals surface area contributed by atoms with Crippen LogP contribution in [0.3, 0.4) is 0 Å². The number of nitrogens with one attached hydrogen (secondary N) is 2. The number of benzene rings is 1. The molecule has 8 heteroatoms. The van der Waals surface area contributed by atoms with E-state index < -0.39 is 5.91 Å². The molecule has 0 spiro atoms. The van der Waals surface area contributed by atoms with Crippen LogP contribution in [0.5, 0.6) is 5.75 Å². The fourth-order valence-electron chi connectivity index (χ4n) is 3.26. The van der Waals surface area contributed by atoms with Gasteiger partial charge in [0.15, 0.2) is 11.7 Å².